The molecule has 22 heavy (non-hydrogen) atoms. The highest BCUT2D eigenvalue weighted by Crippen LogP contribution is 2.14. The van der Waals surface area contributed by atoms with Crippen LogP contribution in [0.1, 0.15) is 27.0 Å². The Morgan fingerprint density at radius 1 is 1.05 bits per heavy atom. The summed E-state index contributed by atoms with van der Waals surface area (Å²) in [5.74, 6) is -0.427. The van der Waals surface area contributed by atoms with E-state index in [0.717, 1.165) is 11.1 Å². The standard InChI is InChI=1S/C16H18N2O3S/c1-11-7-12(2)9-14(8-11)16(19)18-15-5-3-13(4-6-15)10-22(17,20)21/h3-9H,10H2,1-2H3,(H,18,19)(H2,17,20,21). The van der Waals surface area contributed by atoms with Gasteiger partial charge in [-0.3, -0.25) is 4.79 Å². The van der Waals surface area contributed by atoms with Crippen LogP contribution in [0.25, 0.3) is 0 Å². The molecule has 0 unspecified atom stereocenters. The average Bonchev–Trinajstić information content (AvgIpc) is 2.38. The molecule has 0 spiro atoms. The first-order valence-electron chi connectivity index (χ1n) is 6.72. The normalized spacial score (nSPS) is 11.2. The summed E-state index contributed by atoms with van der Waals surface area (Å²) >= 11 is 0. The van der Waals surface area contributed by atoms with Gasteiger partial charge in [-0.2, -0.15) is 0 Å². The van der Waals surface area contributed by atoms with E-state index in [2.05, 4.69) is 5.32 Å². The molecule has 5 nitrogen and oxygen atoms in total. The molecular weight excluding hydrogens is 300 g/mol. The van der Waals surface area contributed by atoms with Crippen molar-refractivity contribution in [2.75, 3.05) is 5.32 Å². The van der Waals surface area contributed by atoms with Gasteiger partial charge >= 0.3 is 0 Å². The van der Waals surface area contributed by atoms with E-state index in [4.69, 9.17) is 5.14 Å². The number of primary sulfonamides is 1. The van der Waals surface area contributed by atoms with Crippen molar-refractivity contribution in [1.82, 2.24) is 0 Å². The van der Waals surface area contributed by atoms with Gasteiger partial charge in [0, 0.05) is 11.3 Å². The number of benzene rings is 2. The molecule has 0 atom stereocenters. The number of hydrogen-bond acceptors (Lipinski definition) is 3. The number of aryl methyl sites for hydroxylation is 2. The molecule has 0 aliphatic carbocycles. The average molecular weight is 318 g/mol. The lowest BCUT2D eigenvalue weighted by molar-refractivity contribution is 0.102. The molecule has 1 amide bonds. The van der Waals surface area contributed by atoms with Crippen LogP contribution in [0.2, 0.25) is 0 Å². The lowest BCUT2D eigenvalue weighted by Gasteiger charge is -2.08. The largest absolute Gasteiger partial charge is 0.322 e. The fraction of sp³-hybridized carbons (Fsp3) is 0.188. The van der Waals surface area contributed by atoms with Gasteiger partial charge in [0.05, 0.1) is 5.75 Å². The van der Waals surface area contributed by atoms with Crippen LogP contribution in [0, 0.1) is 13.8 Å². The molecule has 2 aromatic carbocycles. The molecule has 0 aliphatic heterocycles. The van der Waals surface area contributed by atoms with Crippen molar-refractivity contribution in [3.05, 3.63) is 64.7 Å². The van der Waals surface area contributed by atoms with E-state index in [9.17, 15) is 13.2 Å². The molecule has 0 saturated heterocycles. The predicted octanol–water partition coefficient (Wildman–Crippen LogP) is 2.34. The Hall–Kier alpha value is -2.18. The van der Waals surface area contributed by atoms with Gasteiger partial charge in [-0.05, 0) is 43.7 Å². The maximum Gasteiger partial charge on any atom is 0.255 e. The zero-order valence-electron chi connectivity index (χ0n) is 12.5. The molecule has 0 saturated carbocycles. The molecule has 0 aromatic heterocycles. The minimum Gasteiger partial charge on any atom is -0.322 e. The molecule has 0 fully saturated rings. The van der Waals surface area contributed by atoms with Crippen molar-refractivity contribution >= 4 is 21.6 Å². The third-order valence-electron chi connectivity index (χ3n) is 3.06. The van der Waals surface area contributed by atoms with E-state index in [1.165, 1.54) is 0 Å². The molecule has 6 heteroatoms. The second-order valence-corrected chi connectivity index (χ2v) is 6.95. The summed E-state index contributed by atoms with van der Waals surface area (Å²) in [4.78, 5) is 12.2. The summed E-state index contributed by atoms with van der Waals surface area (Å²) in [7, 11) is -3.55. The lowest BCUT2D eigenvalue weighted by atomic mass is 10.1. The third-order valence-corrected chi connectivity index (χ3v) is 3.80. The van der Waals surface area contributed by atoms with Gasteiger partial charge in [0.25, 0.3) is 5.91 Å². The van der Waals surface area contributed by atoms with Gasteiger partial charge in [-0.25, -0.2) is 13.6 Å². The fourth-order valence-electron chi connectivity index (χ4n) is 2.23. The summed E-state index contributed by atoms with van der Waals surface area (Å²) in [6.45, 7) is 3.87. The van der Waals surface area contributed by atoms with E-state index in [1.54, 1.807) is 24.3 Å². The molecule has 0 aliphatic rings. The number of nitrogens with two attached hydrogens (primary N) is 1. The number of anilines is 1. The van der Waals surface area contributed by atoms with Crippen molar-refractivity contribution in [3.63, 3.8) is 0 Å². The van der Waals surface area contributed by atoms with Crippen LogP contribution < -0.4 is 10.5 Å². The van der Waals surface area contributed by atoms with Crippen LogP contribution in [0.15, 0.2) is 42.5 Å². The lowest BCUT2D eigenvalue weighted by Crippen LogP contribution is -2.15. The molecular formula is C16H18N2O3S. The van der Waals surface area contributed by atoms with Crippen LogP contribution in [-0.4, -0.2) is 14.3 Å². The molecule has 116 valence electrons. The number of nitrogens with one attached hydrogen (secondary N) is 1. The topological polar surface area (TPSA) is 89.3 Å². The highest BCUT2D eigenvalue weighted by atomic mass is 32.2. The maximum atomic E-state index is 12.2. The van der Waals surface area contributed by atoms with E-state index in [0.29, 0.717) is 16.8 Å². The van der Waals surface area contributed by atoms with Gasteiger partial charge < -0.3 is 5.32 Å². The Balaban J connectivity index is 2.12. The van der Waals surface area contributed by atoms with Crippen LogP contribution in [-0.2, 0) is 15.8 Å². The van der Waals surface area contributed by atoms with Crippen molar-refractivity contribution in [2.45, 2.75) is 19.6 Å². The number of rotatable bonds is 4. The van der Waals surface area contributed by atoms with Crippen molar-refractivity contribution in [3.8, 4) is 0 Å². The third kappa shape index (κ3) is 4.68. The quantitative estimate of drug-likeness (QED) is 0.906. The van der Waals surface area contributed by atoms with E-state index in [-0.39, 0.29) is 11.7 Å². The number of carbonyl (C=O) groups excluding carboxylic acids is 1. The Morgan fingerprint density at radius 3 is 2.09 bits per heavy atom. The molecule has 2 aromatic rings. The summed E-state index contributed by atoms with van der Waals surface area (Å²) < 4.78 is 22.0. The summed E-state index contributed by atoms with van der Waals surface area (Å²) in [5, 5.41) is 7.78. The first-order valence-corrected chi connectivity index (χ1v) is 8.43. The Labute approximate surface area is 130 Å². The Morgan fingerprint density at radius 2 is 1.59 bits per heavy atom. The zero-order chi connectivity index (χ0) is 16.3. The van der Waals surface area contributed by atoms with Crippen LogP contribution >= 0.6 is 0 Å². The van der Waals surface area contributed by atoms with Gasteiger partial charge in [0.15, 0.2) is 0 Å². The highest BCUT2D eigenvalue weighted by molar-refractivity contribution is 7.88. The summed E-state index contributed by atoms with van der Waals surface area (Å²) in [6, 6.07) is 12.2. The molecule has 2 rings (SSSR count). The van der Waals surface area contributed by atoms with Crippen LogP contribution in [0.3, 0.4) is 0 Å². The SMILES string of the molecule is Cc1cc(C)cc(C(=O)Nc2ccc(CS(N)(=O)=O)cc2)c1. The van der Waals surface area contributed by atoms with Crippen molar-refractivity contribution in [2.24, 2.45) is 5.14 Å². The van der Waals surface area contributed by atoms with Gasteiger partial charge in [0.2, 0.25) is 10.0 Å². The van der Waals surface area contributed by atoms with Gasteiger partial charge in [-0.15, -0.1) is 0 Å². The number of carbonyl (C=O) groups is 1. The first kappa shape index (κ1) is 16.2. The molecule has 0 heterocycles. The Bertz CT molecular complexity index is 776. The highest BCUT2D eigenvalue weighted by Gasteiger charge is 2.08. The number of amides is 1. The van der Waals surface area contributed by atoms with E-state index >= 15 is 0 Å². The van der Waals surface area contributed by atoms with E-state index in [1.807, 2.05) is 32.0 Å². The smallest absolute Gasteiger partial charge is 0.255 e. The van der Waals surface area contributed by atoms with Crippen molar-refractivity contribution in [1.29, 1.82) is 0 Å². The van der Waals surface area contributed by atoms with E-state index < -0.39 is 10.0 Å². The molecule has 0 bridgehead atoms. The minimum atomic E-state index is -3.55. The van der Waals surface area contributed by atoms with Gasteiger partial charge in [-0.1, -0.05) is 29.3 Å². The molecule has 0 radical (unpaired) electrons. The summed E-state index contributed by atoms with van der Waals surface area (Å²) in [5.41, 5.74) is 3.81. The second-order valence-electron chi connectivity index (χ2n) is 5.33. The van der Waals surface area contributed by atoms with Gasteiger partial charge in [0.1, 0.15) is 0 Å². The fourth-order valence-corrected chi connectivity index (χ4v) is 2.88. The van der Waals surface area contributed by atoms with Crippen LogP contribution in [0.4, 0.5) is 5.69 Å². The second kappa shape index (κ2) is 6.29. The first-order chi connectivity index (χ1) is 10.2. The maximum absolute atomic E-state index is 12.2. The minimum absolute atomic E-state index is 0.203. The van der Waals surface area contributed by atoms with Crippen molar-refractivity contribution < 1.29 is 13.2 Å². The number of sulfonamides is 1. The molecule has 3 N–H and O–H groups in total. The van der Waals surface area contributed by atoms with Crippen LogP contribution in [0.5, 0.6) is 0 Å². The summed E-state index contributed by atoms with van der Waals surface area (Å²) in [6.07, 6.45) is 0. The zero-order valence-corrected chi connectivity index (χ0v) is 13.3. The predicted molar refractivity (Wildman–Crippen MR) is 87.1 cm³/mol. The Kier molecular flexibility index (Phi) is 4.63. The number of hydrogen-bond donors (Lipinski definition) is 2. The monoisotopic (exact) mass is 318 g/mol.